The van der Waals surface area contributed by atoms with Gasteiger partial charge in [0.15, 0.2) is 0 Å². The summed E-state index contributed by atoms with van der Waals surface area (Å²) in [5.74, 6) is 0.353. The topological polar surface area (TPSA) is 55.1 Å². The average molecular weight is 304 g/mol. The van der Waals surface area contributed by atoms with E-state index in [1.165, 1.54) is 6.20 Å². The number of hydrogen-bond donors (Lipinski definition) is 1. The van der Waals surface area contributed by atoms with Crippen LogP contribution in [0.3, 0.4) is 0 Å². The first kappa shape index (κ1) is 13.1. The van der Waals surface area contributed by atoms with Crippen molar-refractivity contribution in [1.29, 1.82) is 0 Å². The van der Waals surface area contributed by atoms with Gasteiger partial charge in [-0.1, -0.05) is 11.2 Å². The first-order valence-corrected chi connectivity index (χ1v) is 7.85. The fraction of sp³-hybridized carbons (Fsp3) is 0.143. The highest BCUT2D eigenvalue weighted by Gasteiger charge is 2.21. The normalized spacial score (nSPS) is 12.2. The summed E-state index contributed by atoms with van der Waals surface area (Å²) in [5, 5.41) is 12.7. The molecule has 20 heavy (non-hydrogen) atoms. The van der Waals surface area contributed by atoms with Crippen LogP contribution in [0.25, 0.3) is 0 Å². The summed E-state index contributed by atoms with van der Waals surface area (Å²) in [6.07, 6.45) is 1.45. The van der Waals surface area contributed by atoms with Gasteiger partial charge in [-0.05, 0) is 40.8 Å². The predicted molar refractivity (Wildman–Crippen MR) is 79.2 cm³/mol. The molecule has 0 unspecified atom stereocenters. The molecule has 0 spiro atoms. The molecule has 4 nitrogen and oxygen atoms in total. The molecule has 3 aromatic rings. The fourth-order valence-electron chi connectivity index (χ4n) is 1.94. The Morgan fingerprint density at radius 1 is 1.40 bits per heavy atom. The number of nitrogens with one attached hydrogen (secondary N) is 1. The lowest BCUT2D eigenvalue weighted by atomic mass is 10.1. The minimum Gasteiger partial charge on any atom is -0.361 e. The highest BCUT2D eigenvalue weighted by molar-refractivity contribution is 7.10. The number of rotatable bonds is 4. The lowest BCUT2D eigenvalue weighted by Gasteiger charge is -2.16. The first-order chi connectivity index (χ1) is 9.75. The quantitative estimate of drug-likeness (QED) is 0.801. The van der Waals surface area contributed by atoms with Crippen LogP contribution in [0.1, 0.15) is 32.6 Å². The van der Waals surface area contributed by atoms with Crippen LogP contribution in [-0.2, 0) is 0 Å². The van der Waals surface area contributed by atoms with Gasteiger partial charge >= 0.3 is 0 Å². The summed E-state index contributed by atoms with van der Waals surface area (Å²) in [6.45, 7) is 1.73. The minimum atomic E-state index is -0.173. The second-order valence-electron chi connectivity index (χ2n) is 4.27. The predicted octanol–water partition coefficient (Wildman–Crippen LogP) is 3.63. The Labute approximate surface area is 124 Å². The SMILES string of the molecule is Cc1oncc1C(=O)N[C@H](c1ccsc1)c1cccs1. The van der Waals surface area contributed by atoms with Crippen LogP contribution in [0, 0.1) is 6.92 Å². The summed E-state index contributed by atoms with van der Waals surface area (Å²) < 4.78 is 4.94. The molecular weight excluding hydrogens is 292 g/mol. The molecule has 102 valence electrons. The van der Waals surface area contributed by atoms with Gasteiger partial charge in [0.2, 0.25) is 0 Å². The number of carbonyl (C=O) groups is 1. The Morgan fingerprint density at radius 2 is 2.30 bits per heavy atom. The van der Waals surface area contributed by atoms with Crippen molar-refractivity contribution in [3.05, 3.63) is 62.3 Å². The van der Waals surface area contributed by atoms with Crippen LogP contribution < -0.4 is 5.32 Å². The third-order valence-corrected chi connectivity index (χ3v) is 4.61. The van der Waals surface area contributed by atoms with E-state index in [2.05, 4.69) is 10.5 Å². The molecule has 1 amide bonds. The molecule has 3 aromatic heterocycles. The van der Waals surface area contributed by atoms with Crippen molar-refractivity contribution in [2.75, 3.05) is 0 Å². The number of aromatic nitrogens is 1. The maximum absolute atomic E-state index is 12.3. The van der Waals surface area contributed by atoms with Gasteiger partial charge in [-0.2, -0.15) is 11.3 Å². The first-order valence-electron chi connectivity index (χ1n) is 6.03. The van der Waals surface area contributed by atoms with Crippen LogP contribution in [0.5, 0.6) is 0 Å². The number of thiophene rings is 2. The van der Waals surface area contributed by atoms with E-state index < -0.39 is 0 Å². The van der Waals surface area contributed by atoms with Crippen molar-refractivity contribution in [2.24, 2.45) is 0 Å². The van der Waals surface area contributed by atoms with E-state index in [9.17, 15) is 4.79 Å². The van der Waals surface area contributed by atoms with E-state index in [1.807, 2.05) is 34.3 Å². The summed E-state index contributed by atoms with van der Waals surface area (Å²) in [5.41, 5.74) is 1.56. The maximum atomic E-state index is 12.3. The zero-order chi connectivity index (χ0) is 13.9. The molecule has 0 aliphatic carbocycles. The van der Waals surface area contributed by atoms with Gasteiger partial charge in [-0.3, -0.25) is 4.79 Å². The molecule has 0 aromatic carbocycles. The number of carbonyl (C=O) groups excluding carboxylic acids is 1. The molecular formula is C14H12N2O2S2. The third-order valence-electron chi connectivity index (χ3n) is 2.98. The van der Waals surface area contributed by atoms with E-state index in [4.69, 9.17) is 4.52 Å². The van der Waals surface area contributed by atoms with Crippen LogP contribution >= 0.6 is 22.7 Å². The van der Waals surface area contributed by atoms with Gasteiger partial charge in [0.25, 0.3) is 5.91 Å². The number of nitrogens with zero attached hydrogens (tertiary/aromatic N) is 1. The van der Waals surface area contributed by atoms with Crippen molar-refractivity contribution in [1.82, 2.24) is 10.5 Å². The average Bonchev–Trinajstić information content (AvgIpc) is 3.18. The molecule has 0 aliphatic heterocycles. The molecule has 0 bridgehead atoms. The lowest BCUT2D eigenvalue weighted by Crippen LogP contribution is -2.28. The fourth-order valence-corrected chi connectivity index (χ4v) is 3.43. The monoisotopic (exact) mass is 304 g/mol. The van der Waals surface area contributed by atoms with Gasteiger partial charge in [0, 0.05) is 4.88 Å². The molecule has 6 heteroatoms. The van der Waals surface area contributed by atoms with Crippen molar-refractivity contribution < 1.29 is 9.32 Å². The summed E-state index contributed by atoms with van der Waals surface area (Å²) >= 11 is 3.24. The number of hydrogen-bond acceptors (Lipinski definition) is 5. The third kappa shape index (κ3) is 2.52. The molecule has 3 rings (SSSR count). The second-order valence-corrected chi connectivity index (χ2v) is 6.03. The van der Waals surface area contributed by atoms with E-state index in [-0.39, 0.29) is 11.9 Å². The van der Waals surface area contributed by atoms with Crippen molar-refractivity contribution in [3.63, 3.8) is 0 Å². The van der Waals surface area contributed by atoms with Crippen molar-refractivity contribution >= 4 is 28.6 Å². The van der Waals surface area contributed by atoms with Crippen LogP contribution in [0.2, 0.25) is 0 Å². The largest absolute Gasteiger partial charge is 0.361 e. The maximum Gasteiger partial charge on any atom is 0.257 e. The Balaban J connectivity index is 1.88. The zero-order valence-corrected chi connectivity index (χ0v) is 12.3. The standard InChI is InChI=1S/C14H12N2O2S2/c1-9-11(7-15-18-9)14(17)16-13(10-4-6-19-8-10)12-3-2-5-20-12/h2-8,13H,1H3,(H,16,17)/t13-/m1/s1. The highest BCUT2D eigenvalue weighted by Crippen LogP contribution is 2.28. The Morgan fingerprint density at radius 3 is 2.90 bits per heavy atom. The molecule has 0 radical (unpaired) electrons. The van der Waals surface area contributed by atoms with Gasteiger partial charge in [-0.15, -0.1) is 11.3 Å². The summed E-state index contributed by atoms with van der Waals surface area (Å²) in [6, 6.07) is 5.89. The van der Waals surface area contributed by atoms with Crippen LogP contribution in [-0.4, -0.2) is 11.1 Å². The van der Waals surface area contributed by atoms with Crippen LogP contribution in [0.15, 0.2) is 45.1 Å². The Bertz CT molecular complexity index is 652. The smallest absolute Gasteiger partial charge is 0.257 e. The summed E-state index contributed by atoms with van der Waals surface area (Å²) in [7, 11) is 0. The molecule has 1 atom stereocenters. The molecule has 3 heterocycles. The van der Waals surface area contributed by atoms with Gasteiger partial charge < -0.3 is 9.84 Å². The van der Waals surface area contributed by atoms with E-state index in [0.717, 1.165) is 10.4 Å². The lowest BCUT2D eigenvalue weighted by molar-refractivity contribution is 0.0942. The summed E-state index contributed by atoms with van der Waals surface area (Å²) in [4.78, 5) is 13.4. The van der Waals surface area contributed by atoms with Crippen molar-refractivity contribution in [3.8, 4) is 0 Å². The van der Waals surface area contributed by atoms with Gasteiger partial charge in [-0.25, -0.2) is 0 Å². The number of amides is 1. The molecule has 0 fully saturated rings. The van der Waals surface area contributed by atoms with Gasteiger partial charge in [0.05, 0.1) is 12.2 Å². The minimum absolute atomic E-state index is 0.136. The zero-order valence-electron chi connectivity index (χ0n) is 10.7. The van der Waals surface area contributed by atoms with E-state index >= 15 is 0 Å². The molecule has 0 aliphatic rings. The Kier molecular flexibility index (Phi) is 3.66. The molecule has 1 N–H and O–H groups in total. The Hall–Kier alpha value is -1.92. The highest BCUT2D eigenvalue weighted by atomic mass is 32.1. The second kappa shape index (κ2) is 5.60. The van der Waals surface area contributed by atoms with E-state index in [0.29, 0.717) is 11.3 Å². The van der Waals surface area contributed by atoms with Gasteiger partial charge in [0.1, 0.15) is 11.3 Å². The molecule has 0 saturated carbocycles. The number of aryl methyl sites for hydroxylation is 1. The van der Waals surface area contributed by atoms with Crippen LogP contribution in [0.4, 0.5) is 0 Å². The van der Waals surface area contributed by atoms with E-state index in [1.54, 1.807) is 29.6 Å². The van der Waals surface area contributed by atoms with Crippen molar-refractivity contribution in [2.45, 2.75) is 13.0 Å². The molecule has 0 saturated heterocycles.